The molecule has 1 aromatic heterocycles. The van der Waals surface area contributed by atoms with Gasteiger partial charge in [0.1, 0.15) is 5.75 Å². The molecule has 1 heterocycles. The Morgan fingerprint density at radius 1 is 1.33 bits per heavy atom. The van der Waals surface area contributed by atoms with E-state index in [-0.39, 0.29) is 6.04 Å². The summed E-state index contributed by atoms with van der Waals surface area (Å²) >= 11 is 0. The first-order valence-corrected chi connectivity index (χ1v) is 6.10. The molecule has 4 nitrogen and oxygen atoms in total. The van der Waals surface area contributed by atoms with Crippen LogP contribution in [0.4, 0.5) is 0 Å². The summed E-state index contributed by atoms with van der Waals surface area (Å²) in [5.41, 5.74) is 9.35. The van der Waals surface area contributed by atoms with Gasteiger partial charge in [0.15, 0.2) is 0 Å². The molecule has 96 valence electrons. The second-order valence-corrected chi connectivity index (χ2v) is 4.32. The van der Waals surface area contributed by atoms with Crippen LogP contribution in [-0.4, -0.2) is 16.4 Å². The van der Waals surface area contributed by atoms with Crippen molar-refractivity contribution in [2.45, 2.75) is 19.9 Å². The second-order valence-electron chi connectivity index (χ2n) is 4.32. The maximum atomic E-state index is 6.26. The molecule has 18 heavy (non-hydrogen) atoms. The third-order valence-electron chi connectivity index (χ3n) is 2.94. The van der Waals surface area contributed by atoms with Gasteiger partial charge in [-0.05, 0) is 31.5 Å². The van der Waals surface area contributed by atoms with Gasteiger partial charge in [-0.25, -0.2) is 0 Å². The topological polar surface area (TPSA) is 53.1 Å². The smallest absolute Gasteiger partial charge is 0.119 e. The van der Waals surface area contributed by atoms with E-state index in [2.05, 4.69) is 5.10 Å². The molecule has 0 amide bonds. The van der Waals surface area contributed by atoms with Crippen LogP contribution in [0.25, 0.3) is 0 Å². The maximum Gasteiger partial charge on any atom is 0.119 e. The fourth-order valence-corrected chi connectivity index (χ4v) is 2.04. The van der Waals surface area contributed by atoms with E-state index in [4.69, 9.17) is 10.5 Å². The number of benzene rings is 1. The Balaban J connectivity index is 2.23. The van der Waals surface area contributed by atoms with Crippen molar-refractivity contribution in [2.24, 2.45) is 12.8 Å². The van der Waals surface area contributed by atoms with E-state index in [0.29, 0.717) is 6.61 Å². The zero-order chi connectivity index (χ0) is 13.1. The molecule has 0 aliphatic carbocycles. The molecular weight excluding hydrogens is 226 g/mol. The summed E-state index contributed by atoms with van der Waals surface area (Å²) in [4.78, 5) is 0. The molecule has 0 saturated heterocycles. The van der Waals surface area contributed by atoms with E-state index in [0.717, 1.165) is 22.6 Å². The maximum absolute atomic E-state index is 6.26. The van der Waals surface area contributed by atoms with E-state index in [1.54, 1.807) is 4.68 Å². The first-order chi connectivity index (χ1) is 8.61. The Kier molecular flexibility index (Phi) is 3.67. The highest BCUT2D eigenvalue weighted by atomic mass is 16.5. The van der Waals surface area contributed by atoms with Crippen molar-refractivity contribution in [3.63, 3.8) is 0 Å². The summed E-state index contributed by atoms with van der Waals surface area (Å²) in [6.07, 6.45) is 1.97. The SMILES string of the molecule is CCOc1ccc(C(N)c2cn(C)nc2C)cc1. The number of rotatable bonds is 4. The third kappa shape index (κ3) is 2.54. The number of aryl methyl sites for hydroxylation is 2. The zero-order valence-corrected chi connectivity index (χ0v) is 11.1. The number of nitrogens with zero attached hydrogens (tertiary/aromatic N) is 2. The van der Waals surface area contributed by atoms with Crippen molar-refractivity contribution in [1.29, 1.82) is 0 Å². The summed E-state index contributed by atoms with van der Waals surface area (Å²) in [5, 5.41) is 4.32. The molecule has 0 aliphatic heterocycles. The van der Waals surface area contributed by atoms with Crippen molar-refractivity contribution in [3.8, 4) is 5.75 Å². The van der Waals surface area contributed by atoms with Gasteiger partial charge < -0.3 is 10.5 Å². The van der Waals surface area contributed by atoms with Crippen LogP contribution in [0, 0.1) is 6.92 Å². The number of ether oxygens (including phenoxy) is 1. The van der Waals surface area contributed by atoms with Crippen LogP contribution in [0.5, 0.6) is 5.75 Å². The van der Waals surface area contributed by atoms with Crippen LogP contribution in [0.3, 0.4) is 0 Å². The van der Waals surface area contributed by atoms with E-state index in [9.17, 15) is 0 Å². The lowest BCUT2D eigenvalue weighted by atomic mass is 10.0. The average Bonchev–Trinajstić information content (AvgIpc) is 2.69. The molecule has 0 spiro atoms. The molecule has 0 radical (unpaired) electrons. The zero-order valence-electron chi connectivity index (χ0n) is 11.1. The third-order valence-corrected chi connectivity index (χ3v) is 2.94. The fraction of sp³-hybridized carbons (Fsp3) is 0.357. The molecule has 1 atom stereocenters. The number of nitrogens with two attached hydrogens (primary N) is 1. The molecule has 2 N–H and O–H groups in total. The Hall–Kier alpha value is -1.81. The molecule has 2 rings (SSSR count). The lowest BCUT2D eigenvalue weighted by molar-refractivity contribution is 0.340. The first-order valence-electron chi connectivity index (χ1n) is 6.10. The van der Waals surface area contributed by atoms with Gasteiger partial charge in [-0.2, -0.15) is 5.10 Å². The van der Waals surface area contributed by atoms with Gasteiger partial charge in [0, 0.05) is 18.8 Å². The monoisotopic (exact) mass is 245 g/mol. The minimum absolute atomic E-state index is 0.144. The van der Waals surface area contributed by atoms with E-state index in [1.807, 2.05) is 51.4 Å². The Labute approximate surface area is 107 Å². The van der Waals surface area contributed by atoms with Crippen molar-refractivity contribution in [2.75, 3.05) is 6.61 Å². The van der Waals surface area contributed by atoms with Crippen molar-refractivity contribution >= 4 is 0 Å². The first kappa shape index (κ1) is 12.6. The molecule has 2 aromatic rings. The minimum Gasteiger partial charge on any atom is -0.494 e. The molecule has 0 saturated carbocycles. The average molecular weight is 245 g/mol. The molecule has 4 heteroatoms. The summed E-state index contributed by atoms with van der Waals surface area (Å²) in [6.45, 7) is 4.62. The summed E-state index contributed by atoms with van der Waals surface area (Å²) in [5.74, 6) is 0.872. The van der Waals surface area contributed by atoms with Gasteiger partial charge in [0.2, 0.25) is 0 Å². The van der Waals surface area contributed by atoms with Gasteiger partial charge in [-0.15, -0.1) is 0 Å². The molecular formula is C14H19N3O. The van der Waals surface area contributed by atoms with Crippen LogP contribution < -0.4 is 10.5 Å². The lowest BCUT2D eigenvalue weighted by Crippen LogP contribution is -2.12. The van der Waals surface area contributed by atoms with Gasteiger partial charge >= 0.3 is 0 Å². The van der Waals surface area contributed by atoms with Crippen LogP contribution >= 0.6 is 0 Å². The van der Waals surface area contributed by atoms with E-state index in [1.165, 1.54) is 0 Å². The standard InChI is InChI=1S/C14H19N3O/c1-4-18-12-7-5-11(6-8-12)14(15)13-9-17(3)16-10(13)2/h5-9,14H,4,15H2,1-3H3. The van der Waals surface area contributed by atoms with Crippen molar-refractivity contribution < 1.29 is 4.74 Å². The molecule has 0 bridgehead atoms. The molecule has 1 aromatic carbocycles. The molecule has 0 fully saturated rings. The number of hydrogen-bond acceptors (Lipinski definition) is 3. The van der Waals surface area contributed by atoms with Gasteiger partial charge in [0.05, 0.1) is 18.3 Å². The summed E-state index contributed by atoms with van der Waals surface area (Å²) in [6, 6.07) is 7.76. The molecule has 0 aliphatic rings. The van der Waals surface area contributed by atoms with Crippen LogP contribution in [0.15, 0.2) is 30.5 Å². The second kappa shape index (κ2) is 5.23. The van der Waals surface area contributed by atoms with Gasteiger partial charge in [-0.3, -0.25) is 4.68 Å². The molecule has 1 unspecified atom stereocenters. The summed E-state index contributed by atoms with van der Waals surface area (Å²) in [7, 11) is 1.90. The Morgan fingerprint density at radius 2 is 2.00 bits per heavy atom. The highest BCUT2D eigenvalue weighted by Gasteiger charge is 2.14. The van der Waals surface area contributed by atoms with Crippen molar-refractivity contribution in [1.82, 2.24) is 9.78 Å². The number of aromatic nitrogens is 2. The highest BCUT2D eigenvalue weighted by molar-refractivity contribution is 5.35. The predicted molar refractivity (Wildman–Crippen MR) is 71.6 cm³/mol. The van der Waals surface area contributed by atoms with E-state index < -0.39 is 0 Å². The Morgan fingerprint density at radius 3 is 2.50 bits per heavy atom. The van der Waals surface area contributed by atoms with Crippen LogP contribution in [-0.2, 0) is 7.05 Å². The minimum atomic E-state index is -0.144. The largest absolute Gasteiger partial charge is 0.494 e. The predicted octanol–water partition coefficient (Wildman–Crippen LogP) is 2.18. The van der Waals surface area contributed by atoms with Crippen LogP contribution in [0.2, 0.25) is 0 Å². The fourth-order valence-electron chi connectivity index (χ4n) is 2.04. The lowest BCUT2D eigenvalue weighted by Gasteiger charge is -2.12. The van der Waals surface area contributed by atoms with Crippen molar-refractivity contribution in [3.05, 3.63) is 47.3 Å². The quantitative estimate of drug-likeness (QED) is 0.898. The van der Waals surface area contributed by atoms with Gasteiger partial charge in [-0.1, -0.05) is 12.1 Å². The highest BCUT2D eigenvalue weighted by Crippen LogP contribution is 2.23. The van der Waals surface area contributed by atoms with E-state index >= 15 is 0 Å². The van der Waals surface area contributed by atoms with Crippen LogP contribution in [0.1, 0.15) is 29.8 Å². The normalized spacial score (nSPS) is 12.4. The Bertz CT molecular complexity index is 516. The number of hydrogen-bond donors (Lipinski definition) is 1. The van der Waals surface area contributed by atoms with Gasteiger partial charge in [0.25, 0.3) is 0 Å². The summed E-state index contributed by atoms with van der Waals surface area (Å²) < 4.78 is 7.21.